The molecule has 0 radical (unpaired) electrons. The van der Waals surface area contributed by atoms with Gasteiger partial charge >= 0.3 is 0 Å². The van der Waals surface area contributed by atoms with E-state index in [1.54, 1.807) is 0 Å². The van der Waals surface area contributed by atoms with E-state index in [9.17, 15) is 5.11 Å². The first-order chi connectivity index (χ1) is 5.62. The second-order valence-corrected chi connectivity index (χ2v) is 3.75. The summed E-state index contributed by atoms with van der Waals surface area (Å²) in [4.78, 5) is 0. The SMILES string of the molecule is CCCNCCC(C)(O)CCC. The highest BCUT2D eigenvalue weighted by molar-refractivity contribution is 4.72. The van der Waals surface area contributed by atoms with Gasteiger partial charge in [0.2, 0.25) is 0 Å². The first kappa shape index (κ1) is 11.9. The molecule has 0 saturated heterocycles. The second-order valence-electron chi connectivity index (χ2n) is 3.75. The molecule has 0 saturated carbocycles. The molecule has 0 aliphatic heterocycles. The largest absolute Gasteiger partial charge is 0.390 e. The van der Waals surface area contributed by atoms with Crippen molar-refractivity contribution in [2.24, 2.45) is 0 Å². The highest BCUT2D eigenvalue weighted by Crippen LogP contribution is 2.15. The van der Waals surface area contributed by atoms with Gasteiger partial charge in [0, 0.05) is 0 Å². The maximum absolute atomic E-state index is 9.77. The molecule has 74 valence electrons. The van der Waals surface area contributed by atoms with E-state index < -0.39 is 5.60 Å². The van der Waals surface area contributed by atoms with Crippen molar-refractivity contribution in [3.8, 4) is 0 Å². The number of aliphatic hydroxyl groups is 1. The highest BCUT2D eigenvalue weighted by Gasteiger charge is 2.17. The van der Waals surface area contributed by atoms with Gasteiger partial charge in [0.1, 0.15) is 0 Å². The van der Waals surface area contributed by atoms with Crippen molar-refractivity contribution in [2.45, 2.75) is 52.1 Å². The van der Waals surface area contributed by atoms with Crippen LogP contribution in [0.15, 0.2) is 0 Å². The molecule has 0 amide bonds. The second kappa shape index (κ2) is 6.44. The van der Waals surface area contributed by atoms with Crippen molar-refractivity contribution in [3.63, 3.8) is 0 Å². The highest BCUT2D eigenvalue weighted by atomic mass is 16.3. The number of nitrogens with one attached hydrogen (secondary N) is 1. The van der Waals surface area contributed by atoms with Gasteiger partial charge in [-0.3, -0.25) is 0 Å². The van der Waals surface area contributed by atoms with Crippen molar-refractivity contribution in [1.29, 1.82) is 0 Å². The molecule has 0 spiro atoms. The zero-order chi connectivity index (χ0) is 9.45. The van der Waals surface area contributed by atoms with E-state index in [1.165, 1.54) is 0 Å². The topological polar surface area (TPSA) is 32.3 Å². The van der Waals surface area contributed by atoms with E-state index >= 15 is 0 Å². The first-order valence-electron chi connectivity index (χ1n) is 5.05. The monoisotopic (exact) mass is 173 g/mol. The molecular weight excluding hydrogens is 150 g/mol. The van der Waals surface area contributed by atoms with Gasteiger partial charge in [-0.25, -0.2) is 0 Å². The van der Waals surface area contributed by atoms with Crippen molar-refractivity contribution in [2.75, 3.05) is 13.1 Å². The van der Waals surface area contributed by atoms with E-state index in [2.05, 4.69) is 19.2 Å². The van der Waals surface area contributed by atoms with Crippen molar-refractivity contribution >= 4 is 0 Å². The van der Waals surface area contributed by atoms with Gasteiger partial charge < -0.3 is 10.4 Å². The van der Waals surface area contributed by atoms with E-state index in [-0.39, 0.29) is 0 Å². The minimum absolute atomic E-state index is 0.463. The van der Waals surface area contributed by atoms with E-state index in [4.69, 9.17) is 0 Å². The Bertz CT molecular complexity index is 102. The molecule has 0 aromatic heterocycles. The molecule has 1 unspecified atom stereocenters. The number of hydrogen-bond donors (Lipinski definition) is 2. The molecule has 12 heavy (non-hydrogen) atoms. The maximum atomic E-state index is 9.77. The van der Waals surface area contributed by atoms with Crippen LogP contribution in [0.2, 0.25) is 0 Å². The van der Waals surface area contributed by atoms with Crippen LogP contribution < -0.4 is 5.32 Å². The van der Waals surface area contributed by atoms with Crippen molar-refractivity contribution < 1.29 is 5.11 Å². The van der Waals surface area contributed by atoms with E-state index in [0.29, 0.717) is 0 Å². The summed E-state index contributed by atoms with van der Waals surface area (Å²) in [5, 5.41) is 13.1. The summed E-state index contributed by atoms with van der Waals surface area (Å²) in [6.45, 7) is 8.16. The lowest BCUT2D eigenvalue weighted by atomic mass is 9.97. The molecule has 2 nitrogen and oxygen atoms in total. The fourth-order valence-corrected chi connectivity index (χ4v) is 1.32. The smallest absolute Gasteiger partial charge is 0.0631 e. The van der Waals surface area contributed by atoms with Crippen LogP contribution in [0.1, 0.15) is 46.5 Å². The Kier molecular flexibility index (Phi) is 6.39. The van der Waals surface area contributed by atoms with Gasteiger partial charge in [-0.2, -0.15) is 0 Å². The lowest BCUT2D eigenvalue weighted by Crippen LogP contribution is -2.30. The summed E-state index contributed by atoms with van der Waals surface area (Å²) in [5.41, 5.74) is -0.463. The quantitative estimate of drug-likeness (QED) is 0.577. The molecular formula is C10H23NO. The van der Waals surface area contributed by atoms with Gasteiger partial charge in [0.15, 0.2) is 0 Å². The Labute approximate surface area is 76.4 Å². The average molecular weight is 173 g/mol. The molecule has 0 rings (SSSR count). The van der Waals surface area contributed by atoms with Crippen LogP contribution in [-0.4, -0.2) is 23.8 Å². The van der Waals surface area contributed by atoms with Gasteiger partial charge in [0.05, 0.1) is 5.60 Å². The average Bonchev–Trinajstić information content (AvgIpc) is 1.98. The fraction of sp³-hybridized carbons (Fsp3) is 1.00. The summed E-state index contributed by atoms with van der Waals surface area (Å²) < 4.78 is 0. The fourth-order valence-electron chi connectivity index (χ4n) is 1.32. The third-order valence-electron chi connectivity index (χ3n) is 2.06. The van der Waals surface area contributed by atoms with E-state index in [0.717, 1.165) is 38.8 Å². The molecule has 0 aromatic carbocycles. The zero-order valence-corrected chi connectivity index (χ0v) is 8.69. The van der Waals surface area contributed by atoms with Crippen LogP contribution in [0.3, 0.4) is 0 Å². The predicted molar refractivity (Wildman–Crippen MR) is 53.3 cm³/mol. The lowest BCUT2D eigenvalue weighted by molar-refractivity contribution is 0.0416. The van der Waals surface area contributed by atoms with Gasteiger partial charge in [0.25, 0.3) is 0 Å². The standard InChI is InChI=1S/C10H23NO/c1-4-6-10(3,12)7-9-11-8-5-2/h11-12H,4-9H2,1-3H3. The molecule has 1 atom stereocenters. The molecule has 0 heterocycles. The summed E-state index contributed by atoms with van der Waals surface area (Å²) in [5.74, 6) is 0. The number of rotatable bonds is 7. The molecule has 0 aliphatic carbocycles. The number of hydrogen-bond acceptors (Lipinski definition) is 2. The van der Waals surface area contributed by atoms with Crippen molar-refractivity contribution in [3.05, 3.63) is 0 Å². The minimum atomic E-state index is -0.463. The summed E-state index contributed by atoms with van der Waals surface area (Å²) >= 11 is 0. The third-order valence-corrected chi connectivity index (χ3v) is 2.06. The third kappa shape index (κ3) is 6.62. The molecule has 2 N–H and O–H groups in total. The lowest BCUT2D eigenvalue weighted by Gasteiger charge is -2.22. The van der Waals surface area contributed by atoms with Gasteiger partial charge in [-0.05, 0) is 39.3 Å². The molecule has 0 fully saturated rings. The summed E-state index contributed by atoms with van der Waals surface area (Å²) in [6, 6.07) is 0. The van der Waals surface area contributed by atoms with Crippen molar-refractivity contribution in [1.82, 2.24) is 5.32 Å². The Morgan fingerprint density at radius 1 is 1.08 bits per heavy atom. The van der Waals surface area contributed by atoms with Crippen LogP contribution in [0.5, 0.6) is 0 Å². The van der Waals surface area contributed by atoms with Crippen LogP contribution in [0.25, 0.3) is 0 Å². The molecule has 2 heteroatoms. The summed E-state index contributed by atoms with van der Waals surface area (Å²) in [7, 11) is 0. The Morgan fingerprint density at radius 2 is 1.75 bits per heavy atom. The summed E-state index contributed by atoms with van der Waals surface area (Å²) in [6.07, 6.45) is 3.98. The van der Waals surface area contributed by atoms with Gasteiger partial charge in [-0.1, -0.05) is 20.3 Å². The van der Waals surface area contributed by atoms with Crippen LogP contribution in [-0.2, 0) is 0 Å². The van der Waals surface area contributed by atoms with Gasteiger partial charge in [-0.15, -0.1) is 0 Å². The minimum Gasteiger partial charge on any atom is -0.390 e. The maximum Gasteiger partial charge on any atom is 0.0631 e. The Balaban J connectivity index is 3.33. The molecule has 0 aromatic rings. The van der Waals surface area contributed by atoms with E-state index in [1.807, 2.05) is 6.92 Å². The van der Waals surface area contributed by atoms with Crippen LogP contribution in [0.4, 0.5) is 0 Å². The predicted octanol–water partition coefficient (Wildman–Crippen LogP) is 1.93. The molecule has 0 bridgehead atoms. The normalized spacial score (nSPS) is 16.0. The Morgan fingerprint density at radius 3 is 2.25 bits per heavy atom. The van der Waals surface area contributed by atoms with Crippen LogP contribution >= 0.6 is 0 Å². The Hall–Kier alpha value is -0.0800. The first-order valence-corrected chi connectivity index (χ1v) is 5.05. The zero-order valence-electron chi connectivity index (χ0n) is 8.69. The molecule has 0 aliphatic rings. The van der Waals surface area contributed by atoms with Crippen LogP contribution in [0, 0.1) is 0 Å².